The quantitative estimate of drug-likeness (QED) is 0.0954. The van der Waals surface area contributed by atoms with Gasteiger partial charge in [-0.25, -0.2) is 38.4 Å². The minimum atomic E-state index is -0.981. The van der Waals surface area contributed by atoms with Gasteiger partial charge in [-0.1, -0.05) is 66.5 Å². The van der Waals surface area contributed by atoms with Crippen molar-refractivity contribution >= 4 is 47.8 Å². The number of rotatable bonds is 16. The summed E-state index contributed by atoms with van der Waals surface area (Å²) in [6.45, 7) is 26.4. The molecule has 0 bridgehead atoms. The third-order valence-electron chi connectivity index (χ3n) is 4.91. The molecule has 0 aromatic rings. The lowest BCUT2D eigenvalue weighted by atomic mass is 9.88. The highest BCUT2D eigenvalue weighted by Gasteiger charge is 2.25. The molecule has 22 nitrogen and oxygen atoms in total. The number of hydrogen-bond acceptors (Lipinski definition) is 14. The normalized spacial score (nSPS) is 8.14. The van der Waals surface area contributed by atoms with Crippen LogP contribution in [0.15, 0.2) is 101 Å². The molecule has 0 aliphatic carbocycles. The van der Waals surface area contributed by atoms with Crippen LogP contribution >= 0.6 is 0 Å². The molecule has 14 N–H and O–H groups in total. The summed E-state index contributed by atoms with van der Waals surface area (Å²) < 4.78 is 0. The molecule has 58 heavy (non-hydrogen) atoms. The fraction of sp³-hybridized carbons (Fsp3) is 0.333. The predicted octanol–water partition coefficient (Wildman–Crippen LogP) is 0.775. The molecule has 0 rings (SSSR count). The second kappa shape index (κ2) is 59.7. The SMILES string of the molecule is C=CC(=O)O.C=CC(=O)O.C=CC(=O)O.C=CC(=O)O.C=CC(=O)O.C=CC(=O)O.C=CC(=O)O.C=CC(=O)O.CCC(CO)(CO)CO.CCC(CO)(CO)CO. The summed E-state index contributed by atoms with van der Waals surface area (Å²) in [5.74, 6) is -7.85. The Kier molecular flexibility index (Phi) is 78.5. The highest BCUT2D eigenvalue weighted by Crippen LogP contribution is 2.18. The van der Waals surface area contributed by atoms with Crippen LogP contribution in [0.25, 0.3) is 0 Å². The lowest BCUT2D eigenvalue weighted by molar-refractivity contribution is -0.132. The molecule has 0 atom stereocenters. The molecule has 0 unspecified atom stereocenters. The number of carbonyl (C=O) groups is 8. The third-order valence-corrected chi connectivity index (χ3v) is 4.91. The lowest BCUT2D eigenvalue weighted by Gasteiger charge is -2.24. The van der Waals surface area contributed by atoms with Crippen LogP contribution in [-0.2, 0) is 38.4 Å². The smallest absolute Gasteiger partial charge is 0.327 e. The van der Waals surface area contributed by atoms with Gasteiger partial charge in [0.2, 0.25) is 0 Å². The highest BCUT2D eigenvalue weighted by atomic mass is 16.4. The van der Waals surface area contributed by atoms with Crippen molar-refractivity contribution in [2.24, 2.45) is 10.8 Å². The molecule has 0 amide bonds. The van der Waals surface area contributed by atoms with Gasteiger partial charge >= 0.3 is 47.8 Å². The fourth-order valence-corrected chi connectivity index (χ4v) is 0.971. The molecular formula is C36H60O22. The number of aliphatic hydroxyl groups excluding tert-OH is 6. The first-order chi connectivity index (χ1) is 26.6. The highest BCUT2D eigenvalue weighted by molar-refractivity contribution is 5.80. The van der Waals surface area contributed by atoms with E-state index in [1.807, 2.05) is 13.8 Å². The van der Waals surface area contributed by atoms with E-state index in [2.05, 4.69) is 52.6 Å². The zero-order chi connectivity index (χ0) is 48.9. The van der Waals surface area contributed by atoms with Crippen molar-refractivity contribution in [1.82, 2.24) is 0 Å². The van der Waals surface area contributed by atoms with Gasteiger partial charge in [0.1, 0.15) is 0 Å². The Morgan fingerprint density at radius 3 is 0.379 bits per heavy atom. The molecule has 0 aromatic carbocycles. The Morgan fingerprint density at radius 1 is 0.310 bits per heavy atom. The zero-order valence-electron chi connectivity index (χ0n) is 32.5. The summed E-state index contributed by atoms with van der Waals surface area (Å²) in [5.41, 5.74) is -1.33. The number of carboxylic acid groups (broad SMARTS) is 8. The van der Waals surface area contributed by atoms with Crippen LogP contribution in [0.2, 0.25) is 0 Å². The van der Waals surface area contributed by atoms with Crippen LogP contribution in [0, 0.1) is 10.8 Å². The van der Waals surface area contributed by atoms with Gasteiger partial charge < -0.3 is 71.5 Å². The van der Waals surface area contributed by atoms with Crippen LogP contribution in [-0.4, -0.2) is 159 Å². The van der Waals surface area contributed by atoms with Crippen molar-refractivity contribution in [2.75, 3.05) is 39.6 Å². The minimum absolute atomic E-state index is 0.156. The largest absolute Gasteiger partial charge is 0.478 e. The first-order valence-corrected chi connectivity index (χ1v) is 15.1. The summed E-state index contributed by atoms with van der Waals surface area (Å²) in [6, 6.07) is 0. The third kappa shape index (κ3) is 104. The van der Waals surface area contributed by atoms with Gasteiger partial charge in [0.25, 0.3) is 0 Å². The monoisotopic (exact) mass is 844 g/mol. The van der Waals surface area contributed by atoms with Crippen molar-refractivity contribution in [2.45, 2.75) is 26.7 Å². The Labute approximate surface area is 335 Å². The first kappa shape index (κ1) is 76.2. The van der Waals surface area contributed by atoms with Crippen LogP contribution < -0.4 is 0 Å². The molecule has 22 heteroatoms. The average Bonchev–Trinajstić information content (AvgIpc) is 3.21. The van der Waals surface area contributed by atoms with E-state index < -0.39 is 58.6 Å². The topological polar surface area (TPSA) is 420 Å². The van der Waals surface area contributed by atoms with Crippen molar-refractivity contribution in [1.29, 1.82) is 0 Å². The Balaban J connectivity index is -0.0000000558. The molecule has 336 valence electrons. The minimum Gasteiger partial charge on any atom is -0.478 e. The second-order valence-corrected chi connectivity index (χ2v) is 8.99. The summed E-state index contributed by atoms with van der Waals surface area (Å²) >= 11 is 0. The van der Waals surface area contributed by atoms with E-state index in [1.165, 1.54) is 0 Å². The lowest BCUT2D eigenvalue weighted by Crippen LogP contribution is -2.32. The van der Waals surface area contributed by atoms with E-state index in [4.69, 9.17) is 71.5 Å². The average molecular weight is 845 g/mol. The molecule has 0 aromatic heterocycles. The first-order valence-electron chi connectivity index (χ1n) is 15.1. The molecule has 0 aliphatic heterocycles. The van der Waals surface area contributed by atoms with Crippen molar-refractivity contribution in [3.8, 4) is 0 Å². The zero-order valence-corrected chi connectivity index (χ0v) is 32.5. The van der Waals surface area contributed by atoms with Gasteiger partial charge in [-0.15, -0.1) is 0 Å². The van der Waals surface area contributed by atoms with Crippen LogP contribution in [0.1, 0.15) is 26.7 Å². The summed E-state index contributed by atoms with van der Waals surface area (Å²) in [5, 5.41) is 113. The van der Waals surface area contributed by atoms with Gasteiger partial charge in [0.05, 0.1) is 39.6 Å². The molecule has 0 fully saturated rings. The molecule has 0 heterocycles. The van der Waals surface area contributed by atoms with E-state index >= 15 is 0 Å². The van der Waals surface area contributed by atoms with E-state index in [-0.39, 0.29) is 39.6 Å². The maximum absolute atomic E-state index is 9.25. The van der Waals surface area contributed by atoms with E-state index in [0.717, 1.165) is 48.6 Å². The van der Waals surface area contributed by atoms with Crippen molar-refractivity contribution in [3.63, 3.8) is 0 Å². The van der Waals surface area contributed by atoms with Gasteiger partial charge in [0.15, 0.2) is 0 Å². The summed E-state index contributed by atoms with van der Waals surface area (Å²) in [4.78, 5) is 74.0. The summed E-state index contributed by atoms with van der Waals surface area (Å²) in [6.07, 6.45) is 7.85. The van der Waals surface area contributed by atoms with E-state index in [0.29, 0.717) is 12.8 Å². The molecular weight excluding hydrogens is 784 g/mol. The molecule has 0 saturated carbocycles. The number of hydrogen-bond donors (Lipinski definition) is 14. The summed E-state index contributed by atoms with van der Waals surface area (Å²) in [7, 11) is 0. The predicted molar refractivity (Wildman–Crippen MR) is 211 cm³/mol. The Morgan fingerprint density at radius 2 is 0.379 bits per heavy atom. The van der Waals surface area contributed by atoms with Gasteiger partial charge in [0, 0.05) is 59.4 Å². The Hall–Kier alpha value is -6.56. The van der Waals surface area contributed by atoms with Crippen molar-refractivity contribution in [3.05, 3.63) is 101 Å². The Bertz CT molecular complexity index is 925. The number of aliphatic carboxylic acids is 8. The van der Waals surface area contributed by atoms with Gasteiger partial charge in [-0.05, 0) is 12.8 Å². The molecule has 0 radical (unpaired) electrons. The van der Waals surface area contributed by atoms with Gasteiger partial charge in [-0.2, -0.15) is 0 Å². The van der Waals surface area contributed by atoms with Crippen LogP contribution in [0.5, 0.6) is 0 Å². The number of carboxylic acids is 8. The molecule has 0 saturated heterocycles. The number of aliphatic hydroxyl groups is 6. The molecule has 0 aliphatic rings. The standard InChI is InChI=1S/2C6H14O3.8C3H4O2/c2*1-2-6(3-7,4-8)5-9;8*1-2-3(4)5/h2*7-9H,2-5H2,1H3;8*2H,1H2,(H,4,5). The van der Waals surface area contributed by atoms with E-state index in [1.54, 1.807) is 0 Å². The second-order valence-electron chi connectivity index (χ2n) is 8.99. The van der Waals surface area contributed by atoms with Crippen molar-refractivity contribution < 1.29 is 110 Å². The van der Waals surface area contributed by atoms with Crippen LogP contribution in [0.3, 0.4) is 0 Å². The maximum Gasteiger partial charge on any atom is 0.327 e. The maximum atomic E-state index is 9.25. The van der Waals surface area contributed by atoms with Gasteiger partial charge in [-0.3, -0.25) is 0 Å². The fourth-order valence-electron chi connectivity index (χ4n) is 0.971. The van der Waals surface area contributed by atoms with E-state index in [9.17, 15) is 38.4 Å². The van der Waals surface area contributed by atoms with Crippen LogP contribution in [0.4, 0.5) is 0 Å². The molecule has 0 spiro atoms.